The fraction of sp³-hybridized carbons (Fsp3) is 0.250. The Bertz CT molecular complexity index is 593. The topological polar surface area (TPSA) is 26.0 Å². The smallest absolute Gasteiger partial charge is 0.0441 e. The number of hydrogen-bond acceptors (Lipinski definition) is 1. The molecule has 0 radical (unpaired) electrons. The summed E-state index contributed by atoms with van der Waals surface area (Å²) in [4.78, 5) is 0. The highest BCUT2D eigenvalue weighted by atomic mass is 35.5. The summed E-state index contributed by atoms with van der Waals surface area (Å²) in [5.74, 6) is 0. The number of rotatable bonds is 3. The molecule has 100 valence electrons. The number of halogens is 2. The minimum absolute atomic E-state index is 0.0718. The van der Waals surface area contributed by atoms with Gasteiger partial charge in [-0.3, -0.25) is 0 Å². The Morgan fingerprint density at radius 3 is 2.42 bits per heavy atom. The second-order valence-electron chi connectivity index (χ2n) is 4.91. The van der Waals surface area contributed by atoms with Crippen LogP contribution in [0.2, 0.25) is 10.0 Å². The third-order valence-electron chi connectivity index (χ3n) is 3.28. The normalized spacial score (nSPS) is 12.5. The van der Waals surface area contributed by atoms with Gasteiger partial charge in [0.15, 0.2) is 0 Å². The Morgan fingerprint density at radius 2 is 1.79 bits per heavy atom. The van der Waals surface area contributed by atoms with E-state index < -0.39 is 0 Å². The number of benzene rings is 2. The van der Waals surface area contributed by atoms with Crippen molar-refractivity contribution in [2.24, 2.45) is 5.73 Å². The summed E-state index contributed by atoms with van der Waals surface area (Å²) in [7, 11) is 0. The molecule has 0 bridgehead atoms. The van der Waals surface area contributed by atoms with Gasteiger partial charge in [-0.15, -0.1) is 0 Å². The predicted molar refractivity (Wildman–Crippen MR) is 83.0 cm³/mol. The third-order valence-corrected chi connectivity index (χ3v) is 3.87. The van der Waals surface area contributed by atoms with Crippen molar-refractivity contribution in [2.45, 2.75) is 26.3 Å². The van der Waals surface area contributed by atoms with Crippen LogP contribution in [-0.4, -0.2) is 0 Å². The molecule has 0 amide bonds. The van der Waals surface area contributed by atoms with E-state index in [9.17, 15) is 0 Å². The van der Waals surface area contributed by atoms with E-state index in [2.05, 4.69) is 6.07 Å². The molecule has 19 heavy (non-hydrogen) atoms. The van der Waals surface area contributed by atoms with E-state index in [1.54, 1.807) is 0 Å². The minimum Gasteiger partial charge on any atom is -0.324 e. The van der Waals surface area contributed by atoms with Crippen LogP contribution < -0.4 is 5.73 Å². The molecule has 0 fully saturated rings. The van der Waals surface area contributed by atoms with Crippen LogP contribution >= 0.6 is 23.2 Å². The van der Waals surface area contributed by atoms with Crippen molar-refractivity contribution in [3.63, 3.8) is 0 Å². The Balaban J connectivity index is 2.23. The lowest BCUT2D eigenvalue weighted by molar-refractivity contribution is 0.716. The highest BCUT2D eigenvalue weighted by Crippen LogP contribution is 2.26. The number of nitrogens with two attached hydrogens (primary N) is 1. The van der Waals surface area contributed by atoms with Crippen LogP contribution in [-0.2, 0) is 6.42 Å². The molecule has 0 aliphatic heterocycles. The Kier molecular flexibility index (Phi) is 4.51. The summed E-state index contributed by atoms with van der Waals surface area (Å²) in [5, 5.41) is 1.52. The van der Waals surface area contributed by atoms with Gasteiger partial charge in [0.25, 0.3) is 0 Å². The Labute approximate surface area is 124 Å². The van der Waals surface area contributed by atoms with E-state index in [1.165, 1.54) is 0 Å². The van der Waals surface area contributed by atoms with Crippen molar-refractivity contribution in [1.82, 2.24) is 0 Å². The fourth-order valence-electron chi connectivity index (χ4n) is 2.22. The van der Waals surface area contributed by atoms with Crippen molar-refractivity contribution in [3.05, 3.63) is 68.7 Å². The molecule has 0 spiro atoms. The maximum Gasteiger partial charge on any atom is 0.0441 e. The van der Waals surface area contributed by atoms with E-state index in [1.807, 2.05) is 44.2 Å². The second-order valence-corrected chi connectivity index (χ2v) is 5.75. The first-order chi connectivity index (χ1) is 8.97. The van der Waals surface area contributed by atoms with Gasteiger partial charge in [0.2, 0.25) is 0 Å². The van der Waals surface area contributed by atoms with Crippen molar-refractivity contribution in [2.75, 3.05) is 0 Å². The molecule has 2 rings (SSSR count). The first-order valence-electron chi connectivity index (χ1n) is 6.24. The minimum atomic E-state index is -0.0718. The number of hydrogen-bond donors (Lipinski definition) is 1. The first-order valence-corrected chi connectivity index (χ1v) is 6.99. The predicted octanol–water partition coefficient (Wildman–Crippen LogP) is 4.85. The van der Waals surface area contributed by atoms with Crippen molar-refractivity contribution in [3.8, 4) is 0 Å². The molecule has 0 aromatic heterocycles. The van der Waals surface area contributed by atoms with Gasteiger partial charge in [0.1, 0.15) is 0 Å². The van der Waals surface area contributed by atoms with Crippen LogP contribution in [0.4, 0.5) is 0 Å². The van der Waals surface area contributed by atoms with Gasteiger partial charge in [-0.2, -0.15) is 0 Å². The zero-order chi connectivity index (χ0) is 14.0. The molecule has 0 saturated carbocycles. The van der Waals surface area contributed by atoms with E-state index in [-0.39, 0.29) is 6.04 Å². The van der Waals surface area contributed by atoms with Crippen LogP contribution in [0.3, 0.4) is 0 Å². The molecule has 2 aromatic rings. The van der Waals surface area contributed by atoms with E-state index in [0.29, 0.717) is 0 Å². The molecule has 2 N–H and O–H groups in total. The molecule has 1 atom stereocenters. The lowest BCUT2D eigenvalue weighted by atomic mass is 9.96. The van der Waals surface area contributed by atoms with Gasteiger partial charge in [-0.25, -0.2) is 0 Å². The van der Waals surface area contributed by atoms with Gasteiger partial charge < -0.3 is 5.73 Å². The van der Waals surface area contributed by atoms with Crippen molar-refractivity contribution >= 4 is 23.2 Å². The monoisotopic (exact) mass is 293 g/mol. The lowest BCUT2D eigenvalue weighted by Gasteiger charge is -2.16. The molecule has 2 aromatic carbocycles. The fourth-order valence-corrected chi connectivity index (χ4v) is 2.76. The summed E-state index contributed by atoms with van der Waals surface area (Å²) >= 11 is 12.2. The molecule has 0 aliphatic rings. The largest absolute Gasteiger partial charge is 0.324 e. The van der Waals surface area contributed by atoms with Gasteiger partial charge in [-0.1, -0.05) is 41.4 Å². The highest BCUT2D eigenvalue weighted by molar-refractivity contribution is 6.31. The van der Waals surface area contributed by atoms with Crippen LogP contribution in [0.15, 0.2) is 36.4 Å². The lowest BCUT2D eigenvalue weighted by Crippen LogP contribution is -2.15. The van der Waals surface area contributed by atoms with Crippen molar-refractivity contribution in [1.29, 1.82) is 0 Å². The molecule has 3 heteroatoms. The maximum absolute atomic E-state index is 6.28. The van der Waals surface area contributed by atoms with Gasteiger partial charge in [0, 0.05) is 16.1 Å². The van der Waals surface area contributed by atoms with Gasteiger partial charge in [0.05, 0.1) is 0 Å². The Morgan fingerprint density at radius 1 is 1.05 bits per heavy atom. The van der Waals surface area contributed by atoms with E-state index in [4.69, 9.17) is 28.9 Å². The standard InChI is InChI=1S/C16H17Cl2N/c1-10-3-4-12(15(18)7-10)9-16(19)14-6-5-13(17)8-11(14)2/h3-8,16H,9,19H2,1-2H3. The Hall–Kier alpha value is -1.02. The van der Waals surface area contributed by atoms with Crippen LogP contribution in [0.1, 0.15) is 28.3 Å². The summed E-state index contributed by atoms with van der Waals surface area (Å²) in [6.45, 7) is 4.05. The van der Waals surface area contributed by atoms with E-state index in [0.717, 1.165) is 38.7 Å². The zero-order valence-corrected chi connectivity index (χ0v) is 12.6. The van der Waals surface area contributed by atoms with E-state index >= 15 is 0 Å². The number of aryl methyl sites for hydroxylation is 2. The highest BCUT2D eigenvalue weighted by Gasteiger charge is 2.12. The first kappa shape index (κ1) is 14.4. The average Bonchev–Trinajstić information content (AvgIpc) is 2.32. The molecule has 0 aliphatic carbocycles. The molecule has 1 unspecified atom stereocenters. The molecular weight excluding hydrogens is 277 g/mol. The van der Waals surface area contributed by atoms with Gasteiger partial charge >= 0.3 is 0 Å². The van der Waals surface area contributed by atoms with Crippen molar-refractivity contribution < 1.29 is 0 Å². The molecular formula is C16H17Cl2N. The average molecular weight is 294 g/mol. The molecule has 0 heterocycles. The molecule has 1 nitrogen and oxygen atoms in total. The summed E-state index contributed by atoms with van der Waals surface area (Å²) in [6, 6.07) is 11.8. The second kappa shape index (κ2) is 5.96. The van der Waals surface area contributed by atoms with Crippen LogP contribution in [0.5, 0.6) is 0 Å². The van der Waals surface area contributed by atoms with Gasteiger partial charge in [-0.05, 0) is 60.7 Å². The zero-order valence-electron chi connectivity index (χ0n) is 11.1. The van der Waals surface area contributed by atoms with Crippen LogP contribution in [0, 0.1) is 13.8 Å². The quantitative estimate of drug-likeness (QED) is 0.860. The molecule has 0 saturated heterocycles. The summed E-state index contributed by atoms with van der Waals surface area (Å²) in [6.07, 6.45) is 0.724. The summed E-state index contributed by atoms with van der Waals surface area (Å²) < 4.78 is 0. The summed E-state index contributed by atoms with van der Waals surface area (Å²) in [5.41, 5.74) is 10.7. The van der Waals surface area contributed by atoms with Crippen LogP contribution in [0.25, 0.3) is 0 Å². The maximum atomic E-state index is 6.28. The SMILES string of the molecule is Cc1ccc(CC(N)c2ccc(Cl)cc2C)c(Cl)c1. The third kappa shape index (κ3) is 3.50.